The van der Waals surface area contributed by atoms with E-state index in [0.717, 1.165) is 16.1 Å². The number of hydrogen-bond acceptors (Lipinski definition) is 4. The first kappa shape index (κ1) is 31.4. The molecule has 2 amide bonds. The van der Waals surface area contributed by atoms with Crippen LogP contribution in [0.25, 0.3) is 0 Å². The fourth-order valence-electron chi connectivity index (χ4n) is 4.10. The average Bonchev–Trinajstić information content (AvgIpc) is 2.89. The van der Waals surface area contributed by atoms with Crippen molar-refractivity contribution in [2.24, 2.45) is 0 Å². The molecule has 0 bridgehead atoms. The van der Waals surface area contributed by atoms with Gasteiger partial charge in [0.05, 0.1) is 11.9 Å². The van der Waals surface area contributed by atoms with Crippen LogP contribution in [0.15, 0.2) is 72.8 Å². The van der Waals surface area contributed by atoms with Crippen LogP contribution < -0.4 is 9.62 Å². The van der Waals surface area contributed by atoms with Crippen LogP contribution in [-0.4, -0.2) is 50.0 Å². The maximum absolute atomic E-state index is 14.8. The number of benzene rings is 3. The van der Waals surface area contributed by atoms with Crippen molar-refractivity contribution in [3.8, 4) is 0 Å². The summed E-state index contributed by atoms with van der Waals surface area (Å²) in [6, 6.07) is 18.0. The molecule has 11 heteroatoms. The van der Waals surface area contributed by atoms with Gasteiger partial charge in [0.25, 0.3) is 0 Å². The van der Waals surface area contributed by atoms with E-state index in [0.29, 0.717) is 6.42 Å². The lowest BCUT2D eigenvalue weighted by Gasteiger charge is -2.34. The summed E-state index contributed by atoms with van der Waals surface area (Å²) in [5, 5.41) is 3.29. The molecule has 0 unspecified atom stereocenters. The second-order valence-corrected chi connectivity index (χ2v) is 12.3. The third kappa shape index (κ3) is 8.68. The Bertz CT molecular complexity index is 1420. The van der Waals surface area contributed by atoms with Crippen LogP contribution >= 0.6 is 23.2 Å². The maximum atomic E-state index is 14.8. The lowest BCUT2D eigenvalue weighted by Crippen LogP contribution is -2.54. The zero-order chi connectivity index (χ0) is 29.4. The van der Waals surface area contributed by atoms with E-state index in [1.165, 1.54) is 41.3 Å². The van der Waals surface area contributed by atoms with Crippen LogP contribution in [0, 0.1) is 5.82 Å². The summed E-state index contributed by atoms with van der Waals surface area (Å²) in [6.07, 6.45) is 1.74. The van der Waals surface area contributed by atoms with Gasteiger partial charge in [0.1, 0.15) is 18.4 Å². The summed E-state index contributed by atoms with van der Waals surface area (Å²) in [5.41, 5.74) is 1.05. The first-order valence-corrected chi connectivity index (χ1v) is 15.3. The van der Waals surface area contributed by atoms with Crippen LogP contribution in [0.3, 0.4) is 0 Å². The molecule has 0 spiro atoms. The van der Waals surface area contributed by atoms with Gasteiger partial charge < -0.3 is 10.2 Å². The molecular weight excluding hydrogens is 576 g/mol. The lowest BCUT2D eigenvalue weighted by molar-refractivity contribution is -0.140. The van der Waals surface area contributed by atoms with Gasteiger partial charge in [-0.15, -0.1) is 0 Å². The second kappa shape index (κ2) is 14.0. The van der Waals surface area contributed by atoms with Crippen molar-refractivity contribution in [1.29, 1.82) is 0 Å². The Kier molecular flexibility index (Phi) is 11.0. The van der Waals surface area contributed by atoms with Gasteiger partial charge in [-0.3, -0.25) is 13.9 Å². The molecular formula is C29H32Cl2FN3O4S. The summed E-state index contributed by atoms with van der Waals surface area (Å²) >= 11 is 12.2. The highest BCUT2D eigenvalue weighted by Gasteiger charge is 2.34. The van der Waals surface area contributed by atoms with Gasteiger partial charge in [-0.2, -0.15) is 0 Å². The summed E-state index contributed by atoms with van der Waals surface area (Å²) in [7, 11) is -3.99. The molecule has 40 heavy (non-hydrogen) atoms. The van der Waals surface area contributed by atoms with Crippen molar-refractivity contribution in [1.82, 2.24) is 10.2 Å². The van der Waals surface area contributed by atoms with Crippen LogP contribution in [0.1, 0.15) is 31.4 Å². The number of halogens is 3. The molecule has 0 aliphatic rings. The lowest BCUT2D eigenvalue weighted by atomic mass is 10.0. The first-order chi connectivity index (χ1) is 18.9. The minimum atomic E-state index is -3.99. The first-order valence-electron chi connectivity index (χ1n) is 12.7. The van der Waals surface area contributed by atoms with E-state index in [1.807, 2.05) is 44.2 Å². The standard InChI is InChI=1S/C29H32Cl2FN3O4S/c1-4-20(2)33-29(37)27(14-21-10-6-5-7-11-21)34(18-22-12-8-9-13-26(22)32)28(36)19-35(40(3,38)39)25-16-23(30)15-24(31)17-25/h5-13,15-17,20,27H,4,14,18-19H2,1-3H3,(H,33,37)/t20-,27+/m1/s1. The number of nitrogens with zero attached hydrogens (tertiary/aromatic N) is 2. The molecule has 3 aromatic rings. The number of anilines is 1. The van der Waals surface area contributed by atoms with E-state index in [9.17, 15) is 22.4 Å². The Morgan fingerprint density at radius 2 is 1.57 bits per heavy atom. The number of sulfonamides is 1. The topological polar surface area (TPSA) is 86.8 Å². The van der Waals surface area contributed by atoms with Gasteiger partial charge in [-0.1, -0.05) is 78.7 Å². The van der Waals surface area contributed by atoms with E-state index < -0.39 is 40.2 Å². The van der Waals surface area contributed by atoms with Crippen molar-refractivity contribution in [2.45, 2.75) is 45.3 Å². The molecule has 0 aliphatic heterocycles. The van der Waals surface area contributed by atoms with Crippen molar-refractivity contribution in [2.75, 3.05) is 17.1 Å². The number of nitrogens with one attached hydrogen (secondary N) is 1. The minimum absolute atomic E-state index is 0.0860. The van der Waals surface area contributed by atoms with E-state index >= 15 is 0 Å². The highest BCUT2D eigenvalue weighted by Crippen LogP contribution is 2.27. The zero-order valence-corrected chi connectivity index (χ0v) is 24.8. The quantitative estimate of drug-likeness (QED) is 0.296. The number of rotatable bonds is 12. The molecule has 1 N–H and O–H groups in total. The predicted molar refractivity (Wildman–Crippen MR) is 157 cm³/mol. The second-order valence-electron chi connectivity index (χ2n) is 9.53. The van der Waals surface area contributed by atoms with Gasteiger partial charge in [0, 0.05) is 34.6 Å². The molecule has 7 nitrogen and oxygen atoms in total. The van der Waals surface area contributed by atoms with Crippen molar-refractivity contribution in [3.63, 3.8) is 0 Å². The fourth-order valence-corrected chi connectivity index (χ4v) is 5.45. The minimum Gasteiger partial charge on any atom is -0.352 e. The van der Waals surface area contributed by atoms with Crippen LogP contribution in [0.4, 0.5) is 10.1 Å². The zero-order valence-electron chi connectivity index (χ0n) is 22.5. The number of carbonyl (C=O) groups excluding carboxylic acids is 2. The molecule has 0 saturated carbocycles. The van der Waals surface area contributed by atoms with Gasteiger partial charge in [-0.05, 0) is 43.2 Å². The van der Waals surface area contributed by atoms with Crippen LogP contribution in [0.5, 0.6) is 0 Å². The monoisotopic (exact) mass is 607 g/mol. The summed E-state index contributed by atoms with van der Waals surface area (Å²) in [6.45, 7) is 2.84. The number of hydrogen-bond donors (Lipinski definition) is 1. The average molecular weight is 609 g/mol. The Labute approximate surface area is 244 Å². The Hall–Kier alpha value is -3.14. The van der Waals surface area contributed by atoms with Gasteiger partial charge in [-0.25, -0.2) is 12.8 Å². The van der Waals surface area contributed by atoms with E-state index in [-0.39, 0.29) is 40.3 Å². The van der Waals surface area contributed by atoms with E-state index in [2.05, 4.69) is 5.32 Å². The largest absolute Gasteiger partial charge is 0.352 e. The van der Waals surface area contributed by atoms with Gasteiger partial charge in [0.15, 0.2) is 0 Å². The Morgan fingerprint density at radius 3 is 2.15 bits per heavy atom. The molecule has 214 valence electrons. The highest BCUT2D eigenvalue weighted by molar-refractivity contribution is 7.92. The molecule has 3 aromatic carbocycles. The van der Waals surface area contributed by atoms with Crippen molar-refractivity contribution < 1.29 is 22.4 Å². The van der Waals surface area contributed by atoms with E-state index in [4.69, 9.17) is 23.2 Å². The summed E-state index contributed by atoms with van der Waals surface area (Å²) < 4.78 is 41.3. The number of carbonyl (C=O) groups is 2. The highest BCUT2D eigenvalue weighted by atomic mass is 35.5. The Balaban J connectivity index is 2.09. The summed E-state index contributed by atoms with van der Waals surface area (Å²) in [5.74, 6) is -1.69. The molecule has 0 aliphatic carbocycles. The smallest absolute Gasteiger partial charge is 0.244 e. The van der Waals surface area contributed by atoms with Crippen LogP contribution in [-0.2, 0) is 32.6 Å². The molecule has 0 radical (unpaired) electrons. The van der Waals surface area contributed by atoms with Gasteiger partial charge >= 0.3 is 0 Å². The van der Waals surface area contributed by atoms with E-state index in [1.54, 1.807) is 6.07 Å². The van der Waals surface area contributed by atoms with Crippen molar-refractivity contribution >= 4 is 50.7 Å². The van der Waals surface area contributed by atoms with Crippen molar-refractivity contribution in [3.05, 3.63) is 99.8 Å². The predicted octanol–water partition coefficient (Wildman–Crippen LogP) is 5.45. The molecule has 3 rings (SSSR count). The molecule has 0 heterocycles. The number of amides is 2. The molecule has 2 atom stereocenters. The molecule has 0 saturated heterocycles. The third-order valence-electron chi connectivity index (χ3n) is 6.39. The molecule has 0 fully saturated rings. The third-order valence-corrected chi connectivity index (χ3v) is 7.96. The summed E-state index contributed by atoms with van der Waals surface area (Å²) in [4.78, 5) is 28.8. The Morgan fingerprint density at radius 1 is 0.975 bits per heavy atom. The SMILES string of the molecule is CC[C@@H](C)NC(=O)[C@H](Cc1ccccc1)N(Cc1ccccc1F)C(=O)CN(c1cc(Cl)cc(Cl)c1)S(C)(=O)=O. The molecule has 0 aromatic heterocycles. The van der Waals surface area contributed by atoms with Crippen LogP contribution in [0.2, 0.25) is 10.0 Å². The maximum Gasteiger partial charge on any atom is 0.244 e. The fraction of sp³-hybridized carbons (Fsp3) is 0.310. The normalized spacial score (nSPS) is 12.8. The van der Waals surface area contributed by atoms with Gasteiger partial charge in [0.2, 0.25) is 21.8 Å².